The van der Waals surface area contributed by atoms with Crippen molar-refractivity contribution in [3.8, 4) is 0 Å². The van der Waals surface area contributed by atoms with Crippen LogP contribution >= 0.6 is 0 Å². The van der Waals surface area contributed by atoms with E-state index >= 15 is 0 Å². The Morgan fingerprint density at radius 1 is 0.613 bits per heavy atom. The molecule has 1 aliphatic heterocycles. The summed E-state index contributed by atoms with van der Waals surface area (Å²) in [5.74, 6) is -1.11. The smallest absolute Gasteiger partial charge is 0.339 e. The molecular weight excluding hydrogens is 392 g/mol. The van der Waals surface area contributed by atoms with Crippen LogP contribution in [0, 0.1) is 0 Å². The molecular formula is C26H20O5. The van der Waals surface area contributed by atoms with Crippen LogP contribution in [-0.4, -0.2) is 24.1 Å². The average Bonchev–Trinajstić information content (AvgIpc) is 3.62. The van der Waals surface area contributed by atoms with Gasteiger partial charge in [-0.15, -0.1) is 0 Å². The van der Waals surface area contributed by atoms with Crippen molar-refractivity contribution in [1.29, 1.82) is 0 Å². The quantitative estimate of drug-likeness (QED) is 0.343. The van der Waals surface area contributed by atoms with Gasteiger partial charge in [-0.05, 0) is 32.7 Å². The number of esters is 2. The zero-order chi connectivity index (χ0) is 21.2. The summed E-state index contributed by atoms with van der Waals surface area (Å²) >= 11 is 0. The van der Waals surface area contributed by atoms with E-state index in [-0.39, 0.29) is 13.2 Å². The largest absolute Gasteiger partial charge is 0.459 e. The lowest BCUT2D eigenvalue weighted by Gasteiger charge is -2.08. The molecule has 2 atom stereocenters. The van der Waals surface area contributed by atoms with Crippen LogP contribution in [0.5, 0.6) is 0 Å². The summed E-state index contributed by atoms with van der Waals surface area (Å²) < 4.78 is 16.0. The van der Waals surface area contributed by atoms with Crippen LogP contribution in [0.2, 0.25) is 0 Å². The van der Waals surface area contributed by atoms with Crippen molar-refractivity contribution in [2.75, 3.05) is 0 Å². The van der Waals surface area contributed by atoms with E-state index in [9.17, 15) is 9.59 Å². The van der Waals surface area contributed by atoms with E-state index in [2.05, 4.69) is 0 Å². The van der Waals surface area contributed by atoms with Gasteiger partial charge in [0, 0.05) is 0 Å². The molecule has 1 saturated heterocycles. The van der Waals surface area contributed by atoms with Gasteiger partial charge in [0.05, 0.1) is 0 Å². The van der Waals surface area contributed by atoms with Gasteiger partial charge < -0.3 is 14.2 Å². The van der Waals surface area contributed by atoms with Gasteiger partial charge in [0.25, 0.3) is 0 Å². The molecule has 4 aromatic rings. The van der Waals surface area contributed by atoms with Crippen molar-refractivity contribution in [2.45, 2.75) is 25.4 Å². The Balaban J connectivity index is 1.16. The maximum atomic E-state index is 12.3. The van der Waals surface area contributed by atoms with Crippen LogP contribution in [0.25, 0.3) is 21.5 Å². The molecule has 0 radical (unpaired) electrons. The van der Waals surface area contributed by atoms with E-state index in [0.29, 0.717) is 0 Å². The van der Waals surface area contributed by atoms with E-state index in [1.165, 1.54) is 0 Å². The van der Waals surface area contributed by atoms with Gasteiger partial charge in [-0.2, -0.15) is 0 Å². The molecule has 31 heavy (non-hydrogen) atoms. The Morgan fingerprint density at radius 2 is 1.03 bits per heavy atom. The van der Waals surface area contributed by atoms with Gasteiger partial charge >= 0.3 is 11.9 Å². The summed E-state index contributed by atoms with van der Waals surface area (Å²) in [6.07, 6.45) is -1.81. The lowest BCUT2D eigenvalue weighted by atomic mass is 10.1. The van der Waals surface area contributed by atoms with Gasteiger partial charge in [0.2, 0.25) is 0 Å². The van der Waals surface area contributed by atoms with Crippen LogP contribution in [0.15, 0.2) is 84.9 Å². The number of epoxide rings is 1. The number of carbonyl (C=O) groups is 2. The van der Waals surface area contributed by atoms with Crippen LogP contribution in [-0.2, 0) is 37.0 Å². The van der Waals surface area contributed by atoms with Crippen molar-refractivity contribution in [2.24, 2.45) is 0 Å². The third-order valence-electron chi connectivity index (χ3n) is 5.46. The molecule has 5 rings (SSSR count). The second kappa shape index (κ2) is 8.20. The minimum Gasteiger partial charge on any atom is -0.459 e. The van der Waals surface area contributed by atoms with Gasteiger partial charge in [-0.1, -0.05) is 84.9 Å². The van der Waals surface area contributed by atoms with Crippen molar-refractivity contribution >= 4 is 33.5 Å². The summed E-state index contributed by atoms with van der Waals surface area (Å²) in [5, 5.41) is 4.21. The Morgan fingerprint density at radius 3 is 1.52 bits per heavy atom. The van der Waals surface area contributed by atoms with Crippen LogP contribution in [0.1, 0.15) is 11.1 Å². The van der Waals surface area contributed by atoms with E-state index in [1.807, 2.05) is 84.9 Å². The SMILES string of the molecule is O=C(OCc1cccc2ccccc12)C1OC1C(=O)OCc1cccc2ccccc12. The zero-order valence-electron chi connectivity index (χ0n) is 16.7. The highest BCUT2D eigenvalue weighted by Crippen LogP contribution is 2.27. The predicted octanol–water partition coefficient (Wildman–Crippen LogP) is 4.55. The minimum absolute atomic E-state index is 0.123. The van der Waals surface area contributed by atoms with Gasteiger partial charge in [-0.25, -0.2) is 9.59 Å². The first-order chi connectivity index (χ1) is 15.2. The molecule has 0 bridgehead atoms. The fourth-order valence-electron chi connectivity index (χ4n) is 3.77. The zero-order valence-corrected chi connectivity index (χ0v) is 16.7. The molecule has 5 heteroatoms. The molecule has 0 aromatic heterocycles. The molecule has 5 nitrogen and oxygen atoms in total. The lowest BCUT2D eigenvalue weighted by molar-refractivity contribution is -0.148. The maximum Gasteiger partial charge on any atom is 0.339 e. The third-order valence-corrected chi connectivity index (χ3v) is 5.46. The first-order valence-electron chi connectivity index (χ1n) is 10.1. The Bertz CT molecular complexity index is 1170. The third kappa shape index (κ3) is 4.00. The number of fused-ring (bicyclic) bond motifs is 2. The second-order valence-electron chi connectivity index (χ2n) is 7.47. The van der Waals surface area contributed by atoms with Gasteiger partial charge in [0.15, 0.2) is 12.2 Å². The molecule has 1 aliphatic rings. The van der Waals surface area contributed by atoms with E-state index in [4.69, 9.17) is 14.2 Å². The monoisotopic (exact) mass is 412 g/mol. The van der Waals surface area contributed by atoms with E-state index in [1.54, 1.807) is 0 Å². The molecule has 1 fully saturated rings. The number of hydrogen-bond acceptors (Lipinski definition) is 5. The summed E-state index contributed by atoms with van der Waals surface area (Å²) in [4.78, 5) is 24.6. The average molecular weight is 412 g/mol. The molecule has 0 spiro atoms. The highest BCUT2D eigenvalue weighted by molar-refractivity contribution is 5.91. The number of carbonyl (C=O) groups excluding carboxylic acids is 2. The predicted molar refractivity (Wildman–Crippen MR) is 116 cm³/mol. The second-order valence-corrected chi connectivity index (χ2v) is 7.47. The molecule has 1 heterocycles. The fraction of sp³-hybridized carbons (Fsp3) is 0.154. The Labute approximate surface area is 179 Å². The van der Waals surface area contributed by atoms with E-state index < -0.39 is 24.1 Å². The van der Waals surface area contributed by atoms with Crippen LogP contribution in [0.4, 0.5) is 0 Å². The molecule has 2 unspecified atom stereocenters. The molecule has 0 amide bonds. The highest BCUT2D eigenvalue weighted by Gasteiger charge is 2.52. The topological polar surface area (TPSA) is 65.1 Å². The van der Waals surface area contributed by atoms with Gasteiger partial charge in [0.1, 0.15) is 13.2 Å². The van der Waals surface area contributed by atoms with E-state index in [0.717, 1.165) is 32.7 Å². The summed E-state index contributed by atoms with van der Waals surface area (Å²) in [6.45, 7) is 0.246. The number of hydrogen-bond donors (Lipinski definition) is 0. The Kier molecular flexibility index (Phi) is 5.10. The molecule has 154 valence electrons. The molecule has 0 N–H and O–H groups in total. The van der Waals surface area contributed by atoms with Crippen LogP contribution in [0.3, 0.4) is 0 Å². The summed E-state index contributed by atoms with van der Waals surface area (Å²) in [5.41, 5.74) is 1.81. The minimum atomic E-state index is -0.907. The molecule has 4 aromatic carbocycles. The van der Waals surface area contributed by atoms with Crippen LogP contribution < -0.4 is 0 Å². The Hall–Kier alpha value is -3.70. The van der Waals surface area contributed by atoms with Gasteiger partial charge in [-0.3, -0.25) is 0 Å². The number of ether oxygens (including phenoxy) is 3. The van der Waals surface area contributed by atoms with Crippen molar-refractivity contribution in [1.82, 2.24) is 0 Å². The molecule has 0 aliphatic carbocycles. The standard InChI is InChI=1S/C26H20O5/c27-25(29-15-19-11-5-9-17-7-1-3-13-21(17)19)23-24(31-23)26(28)30-16-20-12-6-10-18-8-2-4-14-22(18)20/h1-14,23-24H,15-16H2. The first kappa shape index (κ1) is 19.3. The fourth-order valence-corrected chi connectivity index (χ4v) is 3.77. The first-order valence-corrected chi connectivity index (χ1v) is 10.1. The molecule has 0 saturated carbocycles. The van der Waals surface area contributed by atoms with Crippen molar-refractivity contribution in [3.05, 3.63) is 96.1 Å². The number of benzene rings is 4. The lowest BCUT2D eigenvalue weighted by Crippen LogP contribution is -2.20. The van der Waals surface area contributed by atoms with Crippen molar-refractivity contribution < 1.29 is 23.8 Å². The number of rotatable bonds is 6. The van der Waals surface area contributed by atoms with Crippen molar-refractivity contribution in [3.63, 3.8) is 0 Å². The normalized spacial score (nSPS) is 17.4. The summed E-state index contributed by atoms with van der Waals surface area (Å²) in [7, 11) is 0. The summed E-state index contributed by atoms with van der Waals surface area (Å²) in [6, 6.07) is 27.5. The highest BCUT2D eigenvalue weighted by atomic mass is 16.7. The maximum absolute atomic E-state index is 12.3.